The van der Waals surface area contributed by atoms with Crippen LogP contribution in [0.2, 0.25) is 5.02 Å². The van der Waals surface area contributed by atoms with Gasteiger partial charge in [0.1, 0.15) is 5.75 Å². The Hall–Kier alpha value is -2.98. The van der Waals surface area contributed by atoms with Crippen molar-refractivity contribution in [1.82, 2.24) is 25.7 Å². The van der Waals surface area contributed by atoms with Gasteiger partial charge in [0.05, 0.1) is 23.7 Å². The first-order valence-corrected chi connectivity index (χ1v) is 9.48. The predicted molar refractivity (Wildman–Crippen MR) is 105 cm³/mol. The van der Waals surface area contributed by atoms with Crippen LogP contribution in [-0.2, 0) is 9.59 Å². The number of rotatable bonds is 12. The van der Waals surface area contributed by atoms with Gasteiger partial charge in [-0.2, -0.15) is 0 Å². The van der Waals surface area contributed by atoms with Gasteiger partial charge in [0.25, 0.3) is 0 Å². The highest BCUT2D eigenvalue weighted by Gasteiger charge is 2.20. The maximum atomic E-state index is 12.4. The smallest absolute Gasteiger partial charge is 0.243 e. The third-order valence-electron chi connectivity index (χ3n) is 3.91. The Morgan fingerprint density at radius 2 is 2.17 bits per heavy atom. The molecule has 2 aromatic heterocycles. The number of halogens is 1. The number of carbonyl (C=O) groups excluding carboxylic acids is 2. The molecule has 0 aromatic carbocycles. The van der Waals surface area contributed by atoms with E-state index >= 15 is 0 Å². The lowest BCUT2D eigenvalue weighted by molar-refractivity contribution is -0.154. The highest BCUT2D eigenvalue weighted by molar-refractivity contribution is 6.30. The first-order valence-electron chi connectivity index (χ1n) is 9.10. The van der Waals surface area contributed by atoms with Crippen molar-refractivity contribution < 1.29 is 19.5 Å². The second-order valence-electron chi connectivity index (χ2n) is 6.23. The van der Waals surface area contributed by atoms with Crippen LogP contribution in [0.4, 0.5) is 5.82 Å². The second-order valence-corrected chi connectivity index (χ2v) is 6.67. The van der Waals surface area contributed by atoms with Crippen molar-refractivity contribution in [1.29, 1.82) is 0 Å². The summed E-state index contributed by atoms with van der Waals surface area (Å²) < 4.78 is 5.49. The number of ether oxygens (including phenoxy) is 1. The van der Waals surface area contributed by atoms with Gasteiger partial charge < -0.3 is 4.74 Å². The molecule has 0 aliphatic heterocycles. The van der Waals surface area contributed by atoms with Crippen LogP contribution >= 0.6 is 11.6 Å². The van der Waals surface area contributed by atoms with Gasteiger partial charge in [0.15, 0.2) is 5.82 Å². The van der Waals surface area contributed by atoms with Crippen molar-refractivity contribution in [2.24, 2.45) is 5.92 Å². The molecular formula is C18H23ClN6O4. The van der Waals surface area contributed by atoms with E-state index in [-0.39, 0.29) is 24.7 Å². The zero-order valence-corrected chi connectivity index (χ0v) is 16.7. The Morgan fingerprint density at radius 3 is 2.83 bits per heavy atom. The molecule has 0 saturated carbocycles. The van der Waals surface area contributed by atoms with Crippen molar-refractivity contribution in [2.45, 2.75) is 32.6 Å². The zero-order chi connectivity index (χ0) is 21.1. The molecule has 1 atom stereocenters. The van der Waals surface area contributed by atoms with E-state index in [9.17, 15) is 14.8 Å². The lowest BCUT2D eigenvalue weighted by Crippen LogP contribution is -2.40. The molecule has 0 unspecified atom stereocenters. The van der Waals surface area contributed by atoms with Crippen LogP contribution < -0.4 is 15.6 Å². The Kier molecular flexibility index (Phi) is 9.06. The molecule has 0 aliphatic rings. The highest BCUT2D eigenvalue weighted by atomic mass is 35.5. The molecule has 2 aromatic rings. The molecule has 156 valence electrons. The van der Waals surface area contributed by atoms with Gasteiger partial charge in [0.2, 0.25) is 18.2 Å². The summed E-state index contributed by atoms with van der Waals surface area (Å²) in [5, 5.41) is 18.1. The van der Waals surface area contributed by atoms with Crippen molar-refractivity contribution in [3.8, 4) is 11.6 Å². The van der Waals surface area contributed by atoms with Crippen LogP contribution in [-0.4, -0.2) is 44.3 Å². The van der Waals surface area contributed by atoms with E-state index in [0.717, 1.165) is 19.3 Å². The molecule has 0 radical (unpaired) electrons. The molecular weight excluding hydrogens is 400 g/mol. The fraction of sp³-hybridized carbons (Fsp3) is 0.389. The molecule has 2 heterocycles. The predicted octanol–water partition coefficient (Wildman–Crippen LogP) is 2.80. The number of anilines is 1. The maximum absolute atomic E-state index is 12.4. The molecule has 10 nitrogen and oxygen atoms in total. The summed E-state index contributed by atoms with van der Waals surface area (Å²) in [5.74, 6) is 0.00695. The second kappa shape index (κ2) is 11.8. The molecule has 2 amide bonds. The first kappa shape index (κ1) is 22.3. The Balaban J connectivity index is 1.89. The van der Waals surface area contributed by atoms with Crippen molar-refractivity contribution in [3.05, 3.63) is 35.6 Å². The summed E-state index contributed by atoms with van der Waals surface area (Å²) in [4.78, 5) is 26.9. The molecule has 29 heavy (non-hydrogen) atoms. The average Bonchev–Trinajstić information content (AvgIpc) is 2.72. The largest absolute Gasteiger partial charge is 0.436 e. The summed E-state index contributed by atoms with van der Waals surface area (Å²) in [7, 11) is 0. The number of unbranched alkanes of at least 4 members (excludes halogenated alkanes) is 2. The third-order valence-corrected chi connectivity index (χ3v) is 4.12. The summed E-state index contributed by atoms with van der Waals surface area (Å²) in [5.41, 5.74) is 5.17. The first-order chi connectivity index (χ1) is 14.0. The molecule has 0 bridgehead atoms. The normalized spacial score (nSPS) is 11.4. The van der Waals surface area contributed by atoms with Crippen LogP contribution in [0.1, 0.15) is 32.6 Å². The van der Waals surface area contributed by atoms with Crippen LogP contribution in [0.25, 0.3) is 0 Å². The minimum Gasteiger partial charge on any atom is -0.436 e. The zero-order valence-electron chi connectivity index (χ0n) is 15.9. The quantitative estimate of drug-likeness (QED) is 0.206. The number of nitrogens with zero attached hydrogens (tertiary/aromatic N) is 4. The molecule has 3 N–H and O–H groups in total. The standard InChI is InChI=1S/C18H23ClN6O4/c1-2-3-4-5-13(11-25(28)12-26)18(27)24-22-16-6-7-17(23-21-16)29-15-8-14(19)9-20-10-15/h6-10,12-13,28H,2-5,11H2,1H3,(H,21,22)(H,24,27)/t13-/m0/s1. The fourth-order valence-electron chi connectivity index (χ4n) is 2.45. The number of nitrogens with one attached hydrogen (secondary N) is 2. The number of hydroxylamine groups is 2. The van der Waals surface area contributed by atoms with E-state index in [1.807, 2.05) is 0 Å². The fourth-order valence-corrected chi connectivity index (χ4v) is 2.62. The molecule has 0 fully saturated rings. The van der Waals surface area contributed by atoms with Crippen LogP contribution in [0.5, 0.6) is 11.6 Å². The van der Waals surface area contributed by atoms with Crippen LogP contribution in [0.15, 0.2) is 30.6 Å². The summed E-state index contributed by atoms with van der Waals surface area (Å²) in [6.45, 7) is 1.96. The SMILES string of the molecule is CCCCC[C@@H](CN(O)C=O)C(=O)NNc1ccc(Oc2cncc(Cl)c2)nn1. The Morgan fingerprint density at radius 1 is 1.34 bits per heavy atom. The van der Waals surface area contributed by atoms with E-state index in [1.165, 1.54) is 12.4 Å². The number of hydrazine groups is 1. The number of hydrogen-bond acceptors (Lipinski definition) is 8. The average molecular weight is 423 g/mol. The molecule has 2 rings (SSSR count). The summed E-state index contributed by atoms with van der Waals surface area (Å²) >= 11 is 5.85. The van der Waals surface area contributed by atoms with Crippen molar-refractivity contribution >= 4 is 29.7 Å². The topological polar surface area (TPSA) is 130 Å². The van der Waals surface area contributed by atoms with Gasteiger partial charge in [0, 0.05) is 18.3 Å². The summed E-state index contributed by atoms with van der Waals surface area (Å²) in [6, 6.07) is 4.71. The molecule has 0 spiro atoms. The monoisotopic (exact) mass is 422 g/mol. The molecule has 0 saturated heterocycles. The van der Waals surface area contributed by atoms with Crippen LogP contribution in [0, 0.1) is 5.92 Å². The van der Waals surface area contributed by atoms with E-state index in [2.05, 4.69) is 33.0 Å². The van der Waals surface area contributed by atoms with Gasteiger partial charge in [-0.1, -0.05) is 37.8 Å². The van der Waals surface area contributed by atoms with E-state index in [4.69, 9.17) is 16.3 Å². The van der Waals surface area contributed by atoms with Gasteiger partial charge in [-0.3, -0.25) is 30.6 Å². The lowest BCUT2D eigenvalue weighted by Gasteiger charge is -2.19. The van der Waals surface area contributed by atoms with E-state index in [0.29, 0.717) is 28.1 Å². The number of pyridine rings is 1. The number of amides is 2. The Labute approximate surface area is 173 Å². The van der Waals surface area contributed by atoms with Crippen molar-refractivity contribution in [2.75, 3.05) is 12.0 Å². The minimum absolute atomic E-state index is 0.0904. The lowest BCUT2D eigenvalue weighted by atomic mass is 10.0. The number of aromatic nitrogens is 3. The van der Waals surface area contributed by atoms with Crippen molar-refractivity contribution in [3.63, 3.8) is 0 Å². The maximum Gasteiger partial charge on any atom is 0.243 e. The van der Waals surface area contributed by atoms with Crippen LogP contribution in [0.3, 0.4) is 0 Å². The van der Waals surface area contributed by atoms with Gasteiger partial charge in [-0.15, -0.1) is 10.2 Å². The van der Waals surface area contributed by atoms with Gasteiger partial charge in [-0.05, 0) is 12.5 Å². The number of carbonyl (C=O) groups is 2. The number of hydrogen-bond donors (Lipinski definition) is 3. The molecule has 0 aliphatic carbocycles. The third kappa shape index (κ3) is 7.88. The van der Waals surface area contributed by atoms with Gasteiger partial charge in [-0.25, -0.2) is 5.06 Å². The van der Waals surface area contributed by atoms with E-state index < -0.39 is 5.92 Å². The Bertz CT molecular complexity index is 792. The van der Waals surface area contributed by atoms with E-state index in [1.54, 1.807) is 18.2 Å². The summed E-state index contributed by atoms with van der Waals surface area (Å²) in [6.07, 6.45) is 6.55. The minimum atomic E-state index is -0.560. The molecule has 11 heteroatoms. The highest BCUT2D eigenvalue weighted by Crippen LogP contribution is 2.21. The van der Waals surface area contributed by atoms with Gasteiger partial charge >= 0.3 is 0 Å².